The predicted molar refractivity (Wildman–Crippen MR) is 110 cm³/mol. The topological polar surface area (TPSA) is 163 Å². The third-order valence-electron chi connectivity index (χ3n) is 4.08. The van der Waals surface area contributed by atoms with Crippen molar-refractivity contribution in [1.82, 2.24) is 19.5 Å². The predicted octanol–water partition coefficient (Wildman–Crippen LogP) is 0.972. The Morgan fingerprint density at radius 3 is 2.94 bits per heavy atom. The Balaban J connectivity index is 1.24. The zero-order chi connectivity index (χ0) is 21.9. The number of nitrogens with two attached hydrogens (primary N) is 1. The smallest absolute Gasteiger partial charge is 0.280 e. The van der Waals surface area contributed by atoms with Gasteiger partial charge in [0, 0.05) is 0 Å². The number of ether oxygens (including phenoxy) is 2. The molecule has 3 heterocycles. The maximum atomic E-state index is 11.9. The molecule has 0 spiro atoms. The van der Waals surface area contributed by atoms with Gasteiger partial charge < -0.3 is 24.3 Å². The molecule has 4 atom stereocenters. The molecule has 0 saturated carbocycles. The molecule has 2 aromatic rings. The summed E-state index contributed by atoms with van der Waals surface area (Å²) in [4.78, 5) is 31.9. The summed E-state index contributed by atoms with van der Waals surface area (Å²) in [5, 5.41) is 0. The summed E-state index contributed by atoms with van der Waals surface area (Å²) in [7, 11) is 0.944. The first kappa shape index (κ1) is 24.3. The van der Waals surface area contributed by atoms with Gasteiger partial charge in [-0.05, 0) is 12.8 Å². The number of hydrogen-bond acceptors (Lipinski definition) is 12. The molecule has 0 aromatic carbocycles. The molecule has 0 radical (unpaired) electrons. The highest BCUT2D eigenvalue weighted by Crippen LogP contribution is 2.31. The van der Waals surface area contributed by atoms with Crippen molar-refractivity contribution in [2.24, 2.45) is 0 Å². The van der Waals surface area contributed by atoms with Gasteiger partial charge in [-0.1, -0.05) is 0 Å². The highest BCUT2D eigenvalue weighted by molar-refractivity contribution is 7.26. The third kappa shape index (κ3) is 7.65. The summed E-state index contributed by atoms with van der Waals surface area (Å²) in [6.45, 7) is 1.77. The molecule has 3 N–H and O–H groups in total. The maximum Gasteiger partial charge on any atom is 0.280 e. The number of nitrogens with one attached hydrogen (secondary N) is 1. The van der Waals surface area contributed by atoms with Gasteiger partial charge in [0.1, 0.15) is 12.8 Å². The zero-order valence-corrected chi connectivity index (χ0v) is 18.8. The second-order valence-corrected chi connectivity index (χ2v) is 7.40. The van der Waals surface area contributed by atoms with Crippen molar-refractivity contribution in [3.8, 4) is 0 Å². The fraction of sp³-hybridized carbons (Fsp3) is 0.667. The van der Waals surface area contributed by atoms with Crippen LogP contribution in [-0.4, -0.2) is 65.8 Å². The molecule has 16 heteroatoms. The fourth-order valence-electron chi connectivity index (χ4n) is 2.78. The fourth-order valence-corrected chi connectivity index (χ4v) is 3.50. The largest absolute Gasteiger partial charge is 0.377 e. The number of aromatic amines is 1. The normalized spacial score (nSPS) is 19.6. The molecule has 1 aliphatic rings. The van der Waals surface area contributed by atoms with Crippen molar-refractivity contribution in [1.29, 1.82) is 0 Å². The van der Waals surface area contributed by atoms with Gasteiger partial charge in [-0.15, -0.1) is 0 Å². The van der Waals surface area contributed by atoms with E-state index < -0.39 is 0 Å². The summed E-state index contributed by atoms with van der Waals surface area (Å²) in [5.74, 6) is 0.0335. The molecule has 14 nitrogen and oxygen atoms in total. The molecule has 1 fully saturated rings. The molecule has 3 rings (SSSR count). The summed E-state index contributed by atoms with van der Waals surface area (Å²) < 4.78 is 33.0. The summed E-state index contributed by atoms with van der Waals surface area (Å²) >= 11 is 0. The number of nitrogen functional groups attached to an aromatic ring is 1. The van der Waals surface area contributed by atoms with Crippen LogP contribution in [0.15, 0.2) is 11.1 Å². The lowest BCUT2D eigenvalue weighted by molar-refractivity contribution is -0.212. The van der Waals surface area contributed by atoms with E-state index in [1.165, 1.54) is 13.4 Å². The van der Waals surface area contributed by atoms with Crippen LogP contribution in [0.5, 0.6) is 0 Å². The van der Waals surface area contributed by atoms with E-state index >= 15 is 0 Å². The Morgan fingerprint density at radius 1 is 1.23 bits per heavy atom. The first-order valence-electron chi connectivity index (χ1n) is 9.36. The Bertz CT molecular complexity index is 854. The average Bonchev–Trinajstić information content (AvgIpc) is 3.38. The first-order chi connectivity index (χ1) is 15.2. The minimum absolute atomic E-state index is 0.0335. The highest BCUT2D eigenvalue weighted by Gasteiger charge is 2.28. The van der Waals surface area contributed by atoms with E-state index in [0.29, 0.717) is 32.1 Å². The molecular formula is C15H25N5O9P2. The van der Waals surface area contributed by atoms with E-state index in [2.05, 4.69) is 24.5 Å². The van der Waals surface area contributed by atoms with E-state index in [-0.39, 0.29) is 54.0 Å². The lowest BCUT2D eigenvalue weighted by Crippen LogP contribution is -2.16. The maximum absolute atomic E-state index is 11.9. The standard InChI is InChI=1S/C15H25N5O9P2/c1-22-28-30-25-7-5-23-4-6-24-29-31-26-8-10-2-3-11(27-10)20-9-17-12-13(20)18-15(16)19-14(12)21/h9-11,30-31H,2-8H2,1H3,(H3,16,18,19,21). The van der Waals surface area contributed by atoms with Crippen LogP contribution in [0, 0.1) is 0 Å². The number of aromatic nitrogens is 4. The number of anilines is 1. The number of rotatable bonds is 15. The number of nitrogens with zero attached hydrogens (tertiary/aromatic N) is 3. The molecule has 0 bridgehead atoms. The Morgan fingerprint density at radius 2 is 2.06 bits per heavy atom. The van der Waals surface area contributed by atoms with Crippen molar-refractivity contribution in [3.63, 3.8) is 0 Å². The second-order valence-electron chi connectivity index (χ2n) is 6.16. The third-order valence-corrected chi connectivity index (χ3v) is 5.11. The van der Waals surface area contributed by atoms with Crippen LogP contribution < -0.4 is 11.3 Å². The van der Waals surface area contributed by atoms with E-state index in [0.717, 1.165) is 12.8 Å². The van der Waals surface area contributed by atoms with E-state index in [1.54, 1.807) is 4.57 Å². The molecule has 4 unspecified atom stereocenters. The van der Waals surface area contributed by atoms with Crippen LogP contribution in [0.2, 0.25) is 0 Å². The summed E-state index contributed by atoms with van der Waals surface area (Å²) in [5.41, 5.74) is 5.86. The van der Waals surface area contributed by atoms with Crippen molar-refractivity contribution in [2.45, 2.75) is 25.2 Å². The number of hydrogen-bond donors (Lipinski definition) is 2. The summed E-state index contributed by atoms with van der Waals surface area (Å²) in [6, 6.07) is 0. The van der Waals surface area contributed by atoms with Crippen molar-refractivity contribution in [3.05, 3.63) is 16.7 Å². The zero-order valence-electron chi connectivity index (χ0n) is 16.8. The SMILES string of the molecule is COOPOCCOCCOOPOCC1CCC(n2cnc3c(=O)[nH]c(N)nc32)O1. The quantitative estimate of drug-likeness (QED) is 0.161. The van der Waals surface area contributed by atoms with Crippen molar-refractivity contribution >= 4 is 35.2 Å². The lowest BCUT2D eigenvalue weighted by atomic mass is 10.2. The molecule has 0 aliphatic carbocycles. The van der Waals surface area contributed by atoms with Gasteiger partial charge in [0.2, 0.25) is 5.95 Å². The molecule has 2 aromatic heterocycles. The molecule has 1 aliphatic heterocycles. The van der Waals surface area contributed by atoms with Gasteiger partial charge in [-0.25, -0.2) is 14.8 Å². The molecule has 174 valence electrons. The number of imidazole rings is 1. The highest BCUT2D eigenvalue weighted by atomic mass is 31.1. The van der Waals surface area contributed by atoms with E-state index in [4.69, 9.17) is 33.8 Å². The van der Waals surface area contributed by atoms with Crippen LogP contribution in [-0.2, 0) is 37.6 Å². The van der Waals surface area contributed by atoms with Gasteiger partial charge in [0.25, 0.3) is 5.56 Å². The van der Waals surface area contributed by atoms with Gasteiger partial charge in [-0.2, -0.15) is 14.3 Å². The monoisotopic (exact) mass is 481 g/mol. The van der Waals surface area contributed by atoms with Crippen LogP contribution in [0.4, 0.5) is 5.95 Å². The number of H-pyrrole nitrogens is 1. The van der Waals surface area contributed by atoms with E-state index in [9.17, 15) is 4.79 Å². The van der Waals surface area contributed by atoms with Crippen molar-refractivity contribution in [2.75, 3.05) is 45.9 Å². The van der Waals surface area contributed by atoms with Gasteiger partial charge in [0.15, 0.2) is 29.2 Å². The molecule has 1 saturated heterocycles. The van der Waals surface area contributed by atoms with Gasteiger partial charge >= 0.3 is 0 Å². The second kappa shape index (κ2) is 13.3. The minimum atomic E-state index is -0.381. The lowest BCUT2D eigenvalue weighted by Gasteiger charge is -2.15. The van der Waals surface area contributed by atoms with Crippen LogP contribution in [0.3, 0.4) is 0 Å². The van der Waals surface area contributed by atoms with Gasteiger partial charge in [-0.3, -0.25) is 14.3 Å². The van der Waals surface area contributed by atoms with Gasteiger partial charge in [0.05, 0.1) is 46.0 Å². The molecule has 0 amide bonds. The molecular weight excluding hydrogens is 456 g/mol. The van der Waals surface area contributed by atoms with E-state index in [1.807, 2.05) is 0 Å². The Labute approximate surface area is 180 Å². The van der Waals surface area contributed by atoms with Crippen molar-refractivity contribution < 1.29 is 37.6 Å². The first-order valence-corrected chi connectivity index (χ1v) is 11.0. The summed E-state index contributed by atoms with van der Waals surface area (Å²) in [6.07, 6.45) is 2.62. The Kier molecular flexibility index (Phi) is 10.4. The number of fused-ring (bicyclic) bond motifs is 1. The molecule has 31 heavy (non-hydrogen) atoms. The van der Waals surface area contributed by atoms with Crippen LogP contribution in [0.25, 0.3) is 11.2 Å². The average molecular weight is 481 g/mol. The van der Waals surface area contributed by atoms with Crippen LogP contribution in [0.1, 0.15) is 19.1 Å². The van der Waals surface area contributed by atoms with Crippen LogP contribution >= 0.6 is 18.1 Å². The Hall–Kier alpha value is -1.31. The minimum Gasteiger partial charge on any atom is -0.377 e.